The van der Waals surface area contributed by atoms with Gasteiger partial charge in [0.15, 0.2) is 0 Å². The number of hydrogen-bond acceptors (Lipinski definition) is 5. The van der Waals surface area contributed by atoms with E-state index in [1.807, 2.05) is 19.1 Å². The van der Waals surface area contributed by atoms with Crippen LogP contribution in [0.3, 0.4) is 0 Å². The van der Waals surface area contributed by atoms with Gasteiger partial charge < -0.3 is 19.1 Å². The van der Waals surface area contributed by atoms with E-state index in [2.05, 4.69) is 40.2 Å². The predicted molar refractivity (Wildman–Crippen MR) is 99.9 cm³/mol. The minimum absolute atomic E-state index is 0.301. The highest BCUT2D eigenvalue weighted by molar-refractivity contribution is 5.75. The third-order valence-corrected chi connectivity index (χ3v) is 5.04. The van der Waals surface area contributed by atoms with Crippen molar-refractivity contribution >= 4 is 11.0 Å². The summed E-state index contributed by atoms with van der Waals surface area (Å²) in [7, 11) is 0. The van der Waals surface area contributed by atoms with E-state index in [9.17, 15) is 0 Å². The van der Waals surface area contributed by atoms with Crippen LogP contribution in [-0.4, -0.2) is 34.0 Å². The Morgan fingerprint density at radius 3 is 2.96 bits per heavy atom. The lowest BCUT2D eigenvalue weighted by atomic mass is 9.98. The van der Waals surface area contributed by atoms with Gasteiger partial charge >= 0.3 is 0 Å². The molecule has 0 bridgehead atoms. The van der Waals surface area contributed by atoms with Crippen LogP contribution < -0.4 is 5.32 Å². The minimum Gasteiger partial charge on any atom is -0.379 e. The lowest BCUT2D eigenvalue weighted by Gasteiger charge is -2.18. The molecule has 0 saturated carbocycles. The van der Waals surface area contributed by atoms with Crippen LogP contribution in [0.25, 0.3) is 11.0 Å². The zero-order valence-corrected chi connectivity index (χ0v) is 15.4. The number of rotatable bonds is 7. The van der Waals surface area contributed by atoms with Gasteiger partial charge in [-0.15, -0.1) is 0 Å². The van der Waals surface area contributed by atoms with E-state index < -0.39 is 0 Å². The Bertz CT molecular complexity index is 870. The molecule has 1 aromatic carbocycles. The Hall–Kier alpha value is -2.18. The molecule has 2 aromatic heterocycles. The second kappa shape index (κ2) is 7.60. The van der Waals surface area contributed by atoms with Gasteiger partial charge in [-0.2, -0.15) is 0 Å². The number of hydrogen-bond donors (Lipinski definition) is 1. The van der Waals surface area contributed by atoms with E-state index >= 15 is 0 Å². The van der Waals surface area contributed by atoms with E-state index in [1.54, 1.807) is 0 Å². The molecule has 1 aliphatic rings. The van der Waals surface area contributed by atoms with Crippen LogP contribution in [0.5, 0.6) is 0 Å². The fraction of sp³-hybridized carbons (Fsp3) is 0.500. The van der Waals surface area contributed by atoms with Crippen molar-refractivity contribution in [3.8, 4) is 0 Å². The normalized spacial score (nSPS) is 20.2. The van der Waals surface area contributed by atoms with E-state index in [0.29, 0.717) is 12.0 Å². The molecule has 3 aromatic rings. The quantitative estimate of drug-likeness (QED) is 0.706. The highest BCUT2D eigenvalue weighted by Crippen LogP contribution is 2.21. The standard InChI is InChI=1S/C20H26N4O2/c1-3-8-24-19-7-5-4-6-17(19)22-20(24)11-21-18-13-25-12-15(18)10-16-9-14(2)23-26-16/h4-7,9,15,18,21H,3,8,10-13H2,1-2H3/t15-,18-/m1/s1. The maximum atomic E-state index is 5.72. The molecular weight excluding hydrogens is 328 g/mol. The van der Waals surface area contributed by atoms with Crippen LogP contribution in [-0.2, 0) is 24.2 Å². The van der Waals surface area contributed by atoms with Crippen molar-refractivity contribution < 1.29 is 9.26 Å². The summed E-state index contributed by atoms with van der Waals surface area (Å²) in [5, 5.41) is 7.65. The fourth-order valence-corrected chi connectivity index (χ4v) is 3.75. The molecule has 0 radical (unpaired) electrons. The van der Waals surface area contributed by atoms with Gasteiger partial charge in [-0.1, -0.05) is 24.2 Å². The Morgan fingerprint density at radius 2 is 2.15 bits per heavy atom. The average Bonchev–Trinajstić information content (AvgIpc) is 3.34. The molecule has 2 atom stereocenters. The average molecular weight is 354 g/mol. The third kappa shape index (κ3) is 3.52. The third-order valence-electron chi connectivity index (χ3n) is 5.04. The van der Waals surface area contributed by atoms with Gasteiger partial charge in [0, 0.05) is 31.0 Å². The van der Waals surface area contributed by atoms with Crippen molar-refractivity contribution in [3.63, 3.8) is 0 Å². The van der Waals surface area contributed by atoms with Crippen molar-refractivity contribution in [1.29, 1.82) is 0 Å². The number of aromatic nitrogens is 3. The molecule has 4 rings (SSSR count). The molecule has 6 heteroatoms. The number of para-hydroxylation sites is 2. The lowest BCUT2D eigenvalue weighted by Crippen LogP contribution is -2.36. The molecule has 1 fully saturated rings. The second-order valence-electron chi connectivity index (χ2n) is 7.09. The van der Waals surface area contributed by atoms with Gasteiger partial charge in [0.2, 0.25) is 0 Å². The number of imidazole rings is 1. The predicted octanol–water partition coefficient (Wildman–Crippen LogP) is 3.09. The monoisotopic (exact) mass is 354 g/mol. The van der Waals surface area contributed by atoms with Crippen molar-refractivity contribution in [3.05, 3.63) is 47.6 Å². The first-order valence-electron chi connectivity index (χ1n) is 9.42. The highest BCUT2D eigenvalue weighted by atomic mass is 16.5. The molecule has 1 N–H and O–H groups in total. The molecule has 1 aliphatic heterocycles. The van der Waals surface area contributed by atoms with E-state index in [0.717, 1.165) is 61.9 Å². The summed E-state index contributed by atoms with van der Waals surface area (Å²) in [4.78, 5) is 4.84. The van der Waals surface area contributed by atoms with Gasteiger partial charge in [-0.25, -0.2) is 4.98 Å². The molecule has 138 valence electrons. The first-order chi connectivity index (χ1) is 12.7. The second-order valence-corrected chi connectivity index (χ2v) is 7.09. The SMILES string of the molecule is CCCn1c(CN[C@@H]2COC[C@H]2Cc2cc(C)no2)nc2ccccc21. The van der Waals surface area contributed by atoms with Crippen LogP contribution >= 0.6 is 0 Å². The number of fused-ring (bicyclic) bond motifs is 1. The highest BCUT2D eigenvalue weighted by Gasteiger charge is 2.29. The molecular formula is C20H26N4O2. The number of benzene rings is 1. The molecule has 0 spiro atoms. The van der Waals surface area contributed by atoms with Crippen molar-refractivity contribution in [1.82, 2.24) is 20.0 Å². The summed E-state index contributed by atoms with van der Waals surface area (Å²) in [6.45, 7) is 7.36. The largest absolute Gasteiger partial charge is 0.379 e. The van der Waals surface area contributed by atoms with Gasteiger partial charge in [-0.3, -0.25) is 0 Å². The Morgan fingerprint density at radius 1 is 1.27 bits per heavy atom. The van der Waals surface area contributed by atoms with Crippen LogP contribution in [0.15, 0.2) is 34.9 Å². The smallest absolute Gasteiger partial charge is 0.137 e. The minimum atomic E-state index is 0.301. The Kier molecular flexibility index (Phi) is 5.04. The summed E-state index contributed by atoms with van der Waals surface area (Å²) in [5.41, 5.74) is 3.20. The first-order valence-corrected chi connectivity index (χ1v) is 9.42. The van der Waals surface area contributed by atoms with Crippen LogP contribution in [0, 0.1) is 12.8 Å². The summed E-state index contributed by atoms with van der Waals surface area (Å²) in [6, 6.07) is 10.7. The number of nitrogens with one attached hydrogen (secondary N) is 1. The summed E-state index contributed by atoms with van der Waals surface area (Å²) in [5.74, 6) is 2.42. The van der Waals surface area contributed by atoms with Crippen LogP contribution in [0.4, 0.5) is 0 Å². The molecule has 0 aliphatic carbocycles. The van der Waals surface area contributed by atoms with Crippen molar-refractivity contribution in [2.24, 2.45) is 5.92 Å². The maximum absolute atomic E-state index is 5.72. The molecule has 3 heterocycles. The molecule has 6 nitrogen and oxygen atoms in total. The summed E-state index contributed by atoms with van der Waals surface area (Å²) in [6.07, 6.45) is 1.94. The molecule has 0 amide bonds. The number of ether oxygens (including phenoxy) is 1. The molecule has 26 heavy (non-hydrogen) atoms. The van der Waals surface area contributed by atoms with E-state index in [-0.39, 0.29) is 0 Å². The van der Waals surface area contributed by atoms with Crippen LogP contribution in [0.1, 0.15) is 30.6 Å². The lowest BCUT2D eigenvalue weighted by molar-refractivity contribution is 0.181. The van der Waals surface area contributed by atoms with Gasteiger partial charge in [-0.05, 0) is 25.5 Å². The van der Waals surface area contributed by atoms with Gasteiger partial charge in [0.25, 0.3) is 0 Å². The first kappa shape index (κ1) is 17.2. The van der Waals surface area contributed by atoms with E-state index in [1.165, 1.54) is 5.52 Å². The molecule has 1 saturated heterocycles. The maximum Gasteiger partial charge on any atom is 0.137 e. The van der Waals surface area contributed by atoms with Gasteiger partial charge in [0.05, 0.1) is 36.5 Å². The fourth-order valence-electron chi connectivity index (χ4n) is 3.75. The number of aryl methyl sites for hydroxylation is 2. The zero-order valence-electron chi connectivity index (χ0n) is 15.4. The van der Waals surface area contributed by atoms with E-state index in [4.69, 9.17) is 14.2 Å². The van der Waals surface area contributed by atoms with Crippen LogP contribution in [0.2, 0.25) is 0 Å². The Labute approximate surface area is 153 Å². The zero-order chi connectivity index (χ0) is 17.9. The number of nitrogens with zero attached hydrogens (tertiary/aromatic N) is 3. The topological polar surface area (TPSA) is 65.1 Å². The van der Waals surface area contributed by atoms with Crippen molar-refractivity contribution in [2.45, 2.75) is 45.8 Å². The summed E-state index contributed by atoms with van der Waals surface area (Å²) < 4.78 is 13.4. The Balaban J connectivity index is 1.46. The van der Waals surface area contributed by atoms with Gasteiger partial charge in [0.1, 0.15) is 11.6 Å². The molecule has 0 unspecified atom stereocenters. The van der Waals surface area contributed by atoms with Crippen molar-refractivity contribution in [2.75, 3.05) is 13.2 Å². The summed E-state index contributed by atoms with van der Waals surface area (Å²) >= 11 is 0.